The minimum Gasteiger partial charge on any atom is -0.340 e. The van der Waals surface area contributed by atoms with Crippen LogP contribution in [0.2, 0.25) is 0 Å². The number of nitrogens with zero attached hydrogens (tertiary/aromatic N) is 6. The minimum absolute atomic E-state index is 0.475. The fourth-order valence-electron chi connectivity index (χ4n) is 3.22. The number of rotatable bonds is 6. The Hall–Kier alpha value is -4.25. The maximum Gasteiger partial charge on any atom is 0.229 e. The van der Waals surface area contributed by atoms with Crippen molar-refractivity contribution in [2.24, 2.45) is 0 Å². The number of hydrogen-bond acceptors (Lipinski definition) is 7. The smallest absolute Gasteiger partial charge is 0.229 e. The molecule has 0 saturated heterocycles. The first kappa shape index (κ1) is 19.1. The zero-order chi connectivity index (χ0) is 20.9. The normalized spacial score (nSPS) is 10.4. The number of aryl methyl sites for hydroxylation is 2. The molecule has 4 aromatic rings. The van der Waals surface area contributed by atoms with E-state index >= 15 is 0 Å². The predicted molar refractivity (Wildman–Crippen MR) is 115 cm³/mol. The van der Waals surface area contributed by atoms with Gasteiger partial charge in [0.1, 0.15) is 5.82 Å². The highest BCUT2D eigenvalue weighted by Crippen LogP contribution is 2.26. The molecule has 2 heterocycles. The lowest BCUT2D eigenvalue weighted by atomic mass is 10.0. The molecule has 148 valence electrons. The SMILES string of the molecule is Cc1cc(Cn2ccnn2)cc(C)c1Nc1ccnc(Nc2ccc(C#N)cc2)n1. The Kier molecular flexibility index (Phi) is 5.35. The van der Waals surface area contributed by atoms with E-state index in [-0.39, 0.29) is 0 Å². The molecule has 4 rings (SSSR count). The molecule has 0 spiro atoms. The molecule has 0 radical (unpaired) electrons. The number of nitriles is 1. The molecule has 0 amide bonds. The lowest BCUT2D eigenvalue weighted by Gasteiger charge is -2.15. The summed E-state index contributed by atoms with van der Waals surface area (Å²) < 4.78 is 1.80. The summed E-state index contributed by atoms with van der Waals surface area (Å²) >= 11 is 0. The van der Waals surface area contributed by atoms with Crippen molar-refractivity contribution in [3.05, 3.63) is 83.3 Å². The van der Waals surface area contributed by atoms with E-state index in [1.54, 1.807) is 29.2 Å². The van der Waals surface area contributed by atoms with Gasteiger partial charge in [-0.05, 0) is 60.9 Å². The molecule has 0 saturated carbocycles. The Balaban J connectivity index is 1.51. The third-order valence-corrected chi connectivity index (χ3v) is 4.59. The van der Waals surface area contributed by atoms with Crippen LogP contribution in [-0.2, 0) is 6.54 Å². The fourth-order valence-corrected chi connectivity index (χ4v) is 3.22. The Morgan fingerprint density at radius 1 is 1.00 bits per heavy atom. The second kappa shape index (κ2) is 8.41. The predicted octanol–water partition coefficient (Wildman–Crippen LogP) is 4.09. The zero-order valence-electron chi connectivity index (χ0n) is 16.7. The van der Waals surface area contributed by atoms with Crippen molar-refractivity contribution in [2.45, 2.75) is 20.4 Å². The molecule has 0 aliphatic carbocycles. The second-order valence-corrected chi connectivity index (χ2v) is 6.91. The summed E-state index contributed by atoms with van der Waals surface area (Å²) in [5.41, 5.74) is 5.83. The van der Waals surface area contributed by atoms with Crippen LogP contribution in [-0.4, -0.2) is 25.0 Å². The van der Waals surface area contributed by atoms with Crippen LogP contribution < -0.4 is 10.6 Å². The van der Waals surface area contributed by atoms with Gasteiger partial charge < -0.3 is 10.6 Å². The van der Waals surface area contributed by atoms with E-state index in [0.717, 1.165) is 28.1 Å². The first-order valence-electron chi connectivity index (χ1n) is 9.42. The molecule has 0 unspecified atom stereocenters. The van der Waals surface area contributed by atoms with E-state index in [9.17, 15) is 0 Å². The monoisotopic (exact) mass is 396 g/mol. The highest BCUT2D eigenvalue weighted by molar-refractivity contribution is 5.66. The third-order valence-electron chi connectivity index (χ3n) is 4.59. The van der Waals surface area contributed by atoms with Crippen LogP contribution in [0.5, 0.6) is 0 Å². The van der Waals surface area contributed by atoms with Gasteiger partial charge in [-0.15, -0.1) is 5.10 Å². The highest BCUT2D eigenvalue weighted by Gasteiger charge is 2.08. The van der Waals surface area contributed by atoms with Crippen molar-refractivity contribution in [3.63, 3.8) is 0 Å². The quantitative estimate of drug-likeness (QED) is 0.506. The molecule has 0 atom stereocenters. The second-order valence-electron chi connectivity index (χ2n) is 6.91. The summed E-state index contributed by atoms with van der Waals surface area (Å²) in [4.78, 5) is 8.83. The van der Waals surface area contributed by atoms with Gasteiger partial charge in [-0.2, -0.15) is 10.2 Å². The van der Waals surface area contributed by atoms with Crippen molar-refractivity contribution < 1.29 is 0 Å². The van der Waals surface area contributed by atoms with Gasteiger partial charge >= 0.3 is 0 Å². The van der Waals surface area contributed by atoms with Crippen LogP contribution >= 0.6 is 0 Å². The molecule has 2 aromatic carbocycles. The molecule has 2 aromatic heterocycles. The molecule has 8 heteroatoms. The lowest BCUT2D eigenvalue weighted by Crippen LogP contribution is -2.05. The van der Waals surface area contributed by atoms with Crippen LogP contribution in [0.4, 0.5) is 23.1 Å². The molecule has 0 aliphatic rings. The van der Waals surface area contributed by atoms with Gasteiger partial charge in [0.15, 0.2) is 0 Å². The molecular weight excluding hydrogens is 376 g/mol. The van der Waals surface area contributed by atoms with Crippen molar-refractivity contribution in [1.82, 2.24) is 25.0 Å². The van der Waals surface area contributed by atoms with Gasteiger partial charge in [0, 0.05) is 23.8 Å². The standard InChI is InChI=1S/C22H20N8/c1-15-11-18(14-30-10-9-25-29-30)12-16(2)21(15)27-20-7-8-24-22(28-20)26-19-5-3-17(13-23)4-6-19/h3-12H,14H2,1-2H3,(H2,24,26,27,28). The van der Waals surface area contributed by atoms with E-state index < -0.39 is 0 Å². The average Bonchev–Trinajstić information content (AvgIpc) is 3.25. The van der Waals surface area contributed by atoms with Gasteiger partial charge in [0.25, 0.3) is 0 Å². The van der Waals surface area contributed by atoms with E-state index in [1.165, 1.54) is 0 Å². The van der Waals surface area contributed by atoms with E-state index in [1.807, 2.05) is 24.4 Å². The van der Waals surface area contributed by atoms with Gasteiger partial charge in [-0.25, -0.2) is 9.67 Å². The number of anilines is 4. The van der Waals surface area contributed by atoms with Gasteiger partial charge in [0.05, 0.1) is 24.4 Å². The maximum absolute atomic E-state index is 8.91. The first-order chi connectivity index (χ1) is 14.6. The first-order valence-corrected chi connectivity index (χ1v) is 9.42. The van der Waals surface area contributed by atoms with Crippen molar-refractivity contribution in [2.75, 3.05) is 10.6 Å². The van der Waals surface area contributed by atoms with E-state index in [0.29, 0.717) is 23.9 Å². The summed E-state index contributed by atoms with van der Waals surface area (Å²) in [5.74, 6) is 1.17. The molecular formula is C22H20N8. The van der Waals surface area contributed by atoms with Crippen molar-refractivity contribution >= 4 is 23.1 Å². The van der Waals surface area contributed by atoms with Gasteiger partial charge in [-0.1, -0.05) is 17.3 Å². The highest BCUT2D eigenvalue weighted by atomic mass is 15.4. The van der Waals surface area contributed by atoms with E-state index in [4.69, 9.17) is 5.26 Å². The summed E-state index contributed by atoms with van der Waals surface area (Å²) in [6, 6.07) is 15.3. The van der Waals surface area contributed by atoms with Crippen molar-refractivity contribution in [3.8, 4) is 6.07 Å². The van der Waals surface area contributed by atoms with Crippen LogP contribution in [0.25, 0.3) is 0 Å². The average molecular weight is 396 g/mol. The fraction of sp³-hybridized carbons (Fsp3) is 0.136. The summed E-state index contributed by atoms with van der Waals surface area (Å²) in [6.45, 7) is 4.81. The van der Waals surface area contributed by atoms with Crippen molar-refractivity contribution in [1.29, 1.82) is 5.26 Å². The summed E-state index contributed by atoms with van der Waals surface area (Å²) in [6.07, 6.45) is 5.22. The van der Waals surface area contributed by atoms with E-state index in [2.05, 4.69) is 63.0 Å². The molecule has 0 fully saturated rings. The molecule has 30 heavy (non-hydrogen) atoms. The Morgan fingerprint density at radius 3 is 2.43 bits per heavy atom. The zero-order valence-corrected chi connectivity index (χ0v) is 16.7. The van der Waals surface area contributed by atoms with Crippen LogP contribution in [0.1, 0.15) is 22.3 Å². The largest absolute Gasteiger partial charge is 0.340 e. The Bertz CT molecular complexity index is 1170. The van der Waals surface area contributed by atoms with Crippen LogP contribution in [0.3, 0.4) is 0 Å². The van der Waals surface area contributed by atoms with Crippen LogP contribution in [0, 0.1) is 25.2 Å². The number of nitrogens with one attached hydrogen (secondary N) is 2. The Morgan fingerprint density at radius 2 is 1.77 bits per heavy atom. The molecule has 0 bridgehead atoms. The van der Waals surface area contributed by atoms with Gasteiger partial charge in [0.2, 0.25) is 5.95 Å². The summed E-state index contributed by atoms with van der Waals surface area (Å²) in [7, 11) is 0. The molecule has 8 nitrogen and oxygen atoms in total. The number of aromatic nitrogens is 5. The maximum atomic E-state index is 8.91. The Labute approximate surface area is 174 Å². The number of hydrogen-bond donors (Lipinski definition) is 2. The molecule has 0 aliphatic heterocycles. The topological polar surface area (TPSA) is 104 Å². The van der Waals surface area contributed by atoms with Crippen LogP contribution in [0.15, 0.2) is 61.1 Å². The lowest BCUT2D eigenvalue weighted by molar-refractivity contribution is 0.649. The van der Waals surface area contributed by atoms with Gasteiger partial charge in [-0.3, -0.25) is 0 Å². The summed E-state index contributed by atoms with van der Waals surface area (Å²) in [5, 5.41) is 23.3. The number of benzene rings is 2. The minimum atomic E-state index is 0.475. The third kappa shape index (κ3) is 4.42. The molecule has 2 N–H and O–H groups in total.